The van der Waals surface area contributed by atoms with Crippen molar-refractivity contribution in [1.29, 1.82) is 0 Å². The van der Waals surface area contributed by atoms with Crippen LogP contribution < -0.4 is 10.1 Å². The molecule has 27 heavy (non-hydrogen) atoms. The van der Waals surface area contributed by atoms with Gasteiger partial charge in [-0.05, 0) is 18.9 Å². The average molecular weight is 388 g/mol. The fourth-order valence-electron chi connectivity index (χ4n) is 3.62. The monoisotopic (exact) mass is 387 g/mol. The maximum atomic E-state index is 12.9. The molecule has 7 heteroatoms. The number of thiazole rings is 1. The van der Waals surface area contributed by atoms with Gasteiger partial charge in [-0.25, -0.2) is 4.98 Å². The SMILES string of the molecule is COc1ccccc1CC(=O)N1CCCC(C(NC(C)=O)c2nccs2)C1. The Balaban J connectivity index is 1.70. The molecule has 0 aliphatic carbocycles. The van der Waals surface area contributed by atoms with Crippen molar-refractivity contribution < 1.29 is 14.3 Å². The zero-order valence-electron chi connectivity index (χ0n) is 15.7. The van der Waals surface area contributed by atoms with E-state index in [1.165, 1.54) is 18.3 Å². The summed E-state index contributed by atoms with van der Waals surface area (Å²) in [5.41, 5.74) is 0.894. The molecule has 1 aromatic carbocycles. The van der Waals surface area contributed by atoms with Gasteiger partial charge < -0.3 is 15.0 Å². The van der Waals surface area contributed by atoms with Crippen molar-refractivity contribution in [2.45, 2.75) is 32.2 Å². The van der Waals surface area contributed by atoms with Crippen LogP contribution in [0.4, 0.5) is 0 Å². The maximum Gasteiger partial charge on any atom is 0.227 e. The highest BCUT2D eigenvalue weighted by atomic mass is 32.1. The third-order valence-electron chi connectivity index (χ3n) is 4.89. The fraction of sp³-hybridized carbons (Fsp3) is 0.450. The first-order valence-electron chi connectivity index (χ1n) is 9.14. The summed E-state index contributed by atoms with van der Waals surface area (Å²) in [6.07, 6.45) is 3.95. The normalized spacial score (nSPS) is 18.0. The van der Waals surface area contributed by atoms with Gasteiger partial charge in [0.15, 0.2) is 0 Å². The van der Waals surface area contributed by atoms with Crippen molar-refractivity contribution in [2.24, 2.45) is 5.92 Å². The zero-order chi connectivity index (χ0) is 19.2. The summed E-state index contributed by atoms with van der Waals surface area (Å²) < 4.78 is 5.36. The lowest BCUT2D eigenvalue weighted by atomic mass is 9.90. The van der Waals surface area contributed by atoms with Crippen molar-refractivity contribution in [3.63, 3.8) is 0 Å². The Morgan fingerprint density at radius 3 is 2.93 bits per heavy atom. The Morgan fingerprint density at radius 2 is 2.22 bits per heavy atom. The number of piperidine rings is 1. The summed E-state index contributed by atoms with van der Waals surface area (Å²) in [6, 6.07) is 7.46. The van der Waals surface area contributed by atoms with Crippen molar-refractivity contribution in [3.05, 3.63) is 46.4 Å². The van der Waals surface area contributed by atoms with Crippen LogP contribution in [0, 0.1) is 5.92 Å². The van der Waals surface area contributed by atoms with Gasteiger partial charge in [0.2, 0.25) is 11.8 Å². The number of benzene rings is 1. The van der Waals surface area contributed by atoms with E-state index < -0.39 is 0 Å². The molecule has 0 saturated carbocycles. The van der Waals surface area contributed by atoms with E-state index in [0.29, 0.717) is 13.0 Å². The quantitative estimate of drug-likeness (QED) is 0.827. The highest BCUT2D eigenvalue weighted by Gasteiger charge is 2.32. The van der Waals surface area contributed by atoms with Gasteiger partial charge in [-0.1, -0.05) is 18.2 Å². The molecule has 2 heterocycles. The first-order valence-corrected chi connectivity index (χ1v) is 10.0. The van der Waals surface area contributed by atoms with Crippen molar-refractivity contribution in [2.75, 3.05) is 20.2 Å². The number of ether oxygens (including phenoxy) is 1. The number of carbonyl (C=O) groups is 2. The van der Waals surface area contributed by atoms with E-state index in [1.807, 2.05) is 34.5 Å². The molecular formula is C20H25N3O3S. The molecular weight excluding hydrogens is 362 g/mol. The molecule has 2 atom stereocenters. The Morgan fingerprint density at radius 1 is 1.41 bits per heavy atom. The molecule has 3 rings (SSSR count). The van der Waals surface area contributed by atoms with Crippen LogP contribution in [0.5, 0.6) is 5.75 Å². The molecule has 2 unspecified atom stereocenters. The summed E-state index contributed by atoms with van der Waals surface area (Å²) in [7, 11) is 1.62. The largest absolute Gasteiger partial charge is 0.496 e. The molecule has 1 aromatic heterocycles. The summed E-state index contributed by atoms with van der Waals surface area (Å²) in [5.74, 6) is 0.909. The van der Waals surface area contributed by atoms with Gasteiger partial charge in [-0.2, -0.15) is 0 Å². The number of nitrogens with zero attached hydrogens (tertiary/aromatic N) is 2. The lowest BCUT2D eigenvalue weighted by Crippen LogP contribution is -2.45. The van der Waals surface area contributed by atoms with Gasteiger partial charge in [0.1, 0.15) is 10.8 Å². The number of methoxy groups -OCH3 is 1. The molecule has 1 aliphatic rings. The van der Waals surface area contributed by atoms with Crippen molar-refractivity contribution in [1.82, 2.24) is 15.2 Å². The van der Waals surface area contributed by atoms with Gasteiger partial charge in [-0.3, -0.25) is 9.59 Å². The number of likely N-dealkylation sites (tertiary alicyclic amines) is 1. The van der Waals surface area contributed by atoms with Crippen LogP contribution in [0.15, 0.2) is 35.8 Å². The molecule has 0 bridgehead atoms. The topological polar surface area (TPSA) is 71.5 Å². The molecule has 1 N–H and O–H groups in total. The van der Waals surface area contributed by atoms with Gasteiger partial charge in [0.25, 0.3) is 0 Å². The van der Waals surface area contributed by atoms with Crippen LogP contribution in [-0.2, 0) is 16.0 Å². The molecule has 1 fully saturated rings. The van der Waals surface area contributed by atoms with Crippen LogP contribution >= 0.6 is 11.3 Å². The van der Waals surface area contributed by atoms with E-state index in [1.54, 1.807) is 13.3 Å². The smallest absolute Gasteiger partial charge is 0.227 e. The predicted molar refractivity (Wildman–Crippen MR) is 105 cm³/mol. The number of aromatic nitrogens is 1. The van der Waals surface area contributed by atoms with Gasteiger partial charge in [-0.15, -0.1) is 11.3 Å². The Bertz CT molecular complexity index is 779. The Kier molecular flexibility index (Phi) is 6.45. The molecule has 0 radical (unpaired) electrons. The molecule has 2 amide bonds. The van der Waals surface area contributed by atoms with E-state index in [-0.39, 0.29) is 23.8 Å². The summed E-state index contributed by atoms with van der Waals surface area (Å²) in [4.78, 5) is 30.9. The number of carbonyl (C=O) groups excluding carboxylic acids is 2. The van der Waals surface area contributed by atoms with E-state index in [9.17, 15) is 9.59 Å². The number of hydrogen-bond acceptors (Lipinski definition) is 5. The lowest BCUT2D eigenvalue weighted by molar-refractivity contribution is -0.132. The van der Waals surface area contributed by atoms with Gasteiger partial charge >= 0.3 is 0 Å². The molecule has 0 spiro atoms. The predicted octanol–water partition coefficient (Wildman–Crippen LogP) is 2.81. The Labute approximate surface area is 163 Å². The Hall–Kier alpha value is -2.41. The van der Waals surface area contributed by atoms with Gasteiger partial charge in [0.05, 0.1) is 19.6 Å². The number of rotatable bonds is 6. The number of hydrogen-bond donors (Lipinski definition) is 1. The van der Waals surface area contributed by atoms with Crippen molar-refractivity contribution >= 4 is 23.2 Å². The second-order valence-corrected chi connectivity index (χ2v) is 7.71. The van der Waals surface area contributed by atoms with Crippen LogP contribution in [-0.4, -0.2) is 41.9 Å². The van der Waals surface area contributed by atoms with E-state index in [0.717, 1.165) is 35.7 Å². The minimum Gasteiger partial charge on any atom is -0.496 e. The molecule has 6 nitrogen and oxygen atoms in total. The third kappa shape index (κ3) is 4.86. The lowest BCUT2D eigenvalue weighted by Gasteiger charge is -2.36. The van der Waals surface area contributed by atoms with Crippen LogP contribution in [0.3, 0.4) is 0 Å². The molecule has 1 aliphatic heterocycles. The van der Waals surface area contributed by atoms with Crippen LogP contribution in [0.1, 0.15) is 36.4 Å². The summed E-state index contributed by atoms with van der Waals surface area (Å²) in [5, 5.41) is 5.84. The van der Waals surface area contributed by atoms with E-state index >= 15 is 0 Å². The van der Waals surface area contributed by atoms with Crippen molar-refractivity contribution in [3.8, 4) is 5.75 Å². The maximum absolute atomic E-state index is 12.9. The third-order valence-corrected chi connectivity index (χ3v) is 5.75. The number of para-hydroxylation sites is 1. The number of amides is 2. The van der Waals surface area contributed by atoms with E-state index in [4.69, 9.17) is 4.74 Å². The molecule has 2 aromatic rings. The van der Waals surface area contributed by atoms with Crippen LogP contribution in [0.2, 0.25) is 0 Å². The summed E-state index contributed by atoms with van der Waals surface area (Å²) in [6.45, 7) is 2.89. The average Bonchev–Trinajstić information content (AvgIpc) is 3.21. The fourth-order valence-corrected chi connectivity index (χ4v) is 4.40. The van der Waals surface area contributed by atoms with Crippen LogP contribution in [0.25, 0.3) is 0 Å². The first kappa shape index (κ1) is 19.4. The first-order chi connectivity index (χ1) is 13.1. The molecule has 1 saturated heterocycles. The summed E-state index contributed by atoms with van der Waals surface area (Å²) >= 11 is 1.54. The highest BCUT2D eigenvalue weighted by molar-refractivity contribution is 7.09. The standard InChI is InChI=1S/C20H25N3O3S/c1-14(24)22-19(20-21-9-11-27-20)16-7-5-10-23(13-16)18(25)12-15-6-3-4-8-17(15)26-2/h3-4,6,8-9,11,16,19H,5,7,10,12-13H2,1-2H3,(H,22,24). The van der Waals surface area contributed by atoms with E-state index in [2.05, 4.69) is 10.3 Å². The second-order valence-electron chi connectivity index (χ2n) is 6.78. The highest BCUT2D eigenvalue weighted by Crippen LogP contribution is 2.31. The number of nitrogens with one attached hydrogen (secondary N) is 1. The minimum absolute atomic E-state index is 0.0762. The zero-order valence-corrected chi connectivity index (χ0v) is 16.5. The molecule has 144 valence electrons. The minimum atomic E-state index is -0.149. The second kappa shape index (κ2) is 8.99. The van der Waals surface area contributed by atoms with Gasteiger partial charge in [0, 0.05) is 43.1 Å².